The average Bonchev–Trinajstić information content (AvgIpc) is 1.68. The van der Waals surface area contributed by atoms with Gasteiger partial charge in [-0.1, -0.05) is 133 Å². The Bertz CT molecular complexity index is 3860. The van der Waals surface area contributed by atoms with Gasteiger partial charge in [-0.05, 0) is 62.1 Å². The number of aryl methyl sites for hydroxylation is 5. The summed E-state index contributed by atoms with van der Waals surface area (Å²) in [7, 11) is 10.8. The number of aromatic hydroxyl groups is 1. The van der Waals surface area contributed by atoms with Crippen LogP contribution in [0.2, 0.25) is 40.2 Å². The van der Waals surface area contributed by atoms with Gasteiger partial charge in [0.15, 0.2) is 11.6 Å². The van der Waals surface area contributed by atoms with E-state index in [-0.39, 0.29) is 121 Å². The second-order valence-electron chi connectivity index (χ2n) is 19.9. The molecular formula is C62H69BCl9FLiN4O15. The molecule has 4 aromatic heterocycles. The van der Waals surface area contributed by atoms with E-state index in [4.69, 9.17) is 123 Å². The molecule has 8 rings (SSSR count). The maximum atomic E-state index is 11.8. The van der Waals surface area contributed by atoms with Gasteiger partial charge in [0.2, 0.25) is 0 Å². The van der Waals surface area contributed by atoms with E-state index in [9.17, 15) is 43.8 Å². The molecule has 93 heavy (non-hydrogen) atoms. The molecule has 0 saturated heterocycles. The number of carbonyl (C=O) groups excluding carboxylic acids is 6. The number of carboxylic acids is 1. The van der Waals surface area contributed by atoms with Crippen LogP contribution in [0.3, 0.4) is 0 Å². The van der Waals surface area contributed by atoms with Crippen molar-refractivity contribution in [1.82, 2.24) is 18.3 Å². The predicted molar refractivity (Wildman–Crippen MR) is 365 cm³/mol. The van der Waals surface area contributed by atoms with Gasteiger partial charge in [0.05, 0.1) is 74.4 Å². The zero-order valence-electron chi connectivity index (χ0n) is 53.0. The number of ketones is 3. The first-order valence-electron chi connectivity index (χ1n) is 27.4. The minimum absolute atomic E-state index is 0. The van der Waals surface area contributed by atoms with Gasteiger partial charge in [-0.2, -0.15) is 0 Å². The van der Waals surface area contributed by atoms with E-state index in [1.54, 1.807) is 72.2 Å². The molecule has 0 amide bonds. The molecule has 0 saturated carbocycles. The van der Waals surface area contributed by atoms with E-state index in [2.05, 4.69) is 11.7 Å². The maximum Gasteiger partial charge on any atom is 1.00 e. The average molecular weight is 1470 g/mol. The van der Waals surface area contributed by atoms with E-state index >= 15 is 0 Å². The van der Waals surface area contributed by atoms with Gasteiger partial charge in [0, 0.05) is 95.6 Å². The molecule has 0 unspecified atom stereocenters. The van der Waals surface area contributed by atoms with Crippen molar-refractivity contribution in [3.05, 3.63) is 117 Å². The largest absolute Gasteiger partial charge is 1.00 e. The number of phenolic OH excluding ortho intramolecular Hbond substituents is 1. The molecule has 4 heterocycles. The number of hydrogen-bond acceptors (Lipinski definition) is 14. The number of nitrogens with zero attached hydrogens (tertiary/aromatic N) is 4. The van der Waals surface area contributed by atoms with Crippen LogP contribution in [-0.4, -0.2) is 124 Å². The number of Topliss-reactive ketones (excluding diaryl/α,β-unsaturated/α-hetero) is 3. The van der Waals surface area contributed by atoms with Gasteiger partial charge in [-0.15, -0.1) is 11.6 Å². The van der Waals surface area contributed by atoms with Crippen molar-refractivity contribution < 1.29 is 96.5 Å². The van der Waals surface area contributed by atoms with Crippen LogP contribution in [0.15, 0.2) is 48.5 Å². The van der Waals surface area contributed by atoms with Crippen LogP contribution >= 0.6 is 104 Å². The molecule has 3 N–H and O–H groups in total. The molecule has 501 valence electrons. The first-order valence-corrected chi connectivity index (χ1v) is 31.0. The molecule has 0 fully saturated rings. The molecule has 4 aromatic carbocycles. The Labute approximate surface area is 596 Å². The second kappa shape index (κ2) is 40.8. The molecular weight excluding hydrogens is 1400 g/mol. The number of hydrogen-bond donors (Lipinski definition) is 2. The molecule has 0 aliphatic carbocycles. The summed E-state index contributed by atoms with van der Waals surface area (Å²) >= 11 is 54.2. The zero-order chi connectivity index (χ0) is 66.9. The molecule has 0 bridgehead atoms. The summed E-state index contributed by atoms with van der Waals surface area (Å²) in [6.45, 7) is 7.81. The number of esters is 3. The summed E-state index contributed by atoms with van der Waals surface area (Å²) < 4.78 is 31.6. The number of benzene rings is 4. The van der Waals surface area contributed by atoms with Crippen LogP contribution in [0.5, 0.6) is 17.2 Å². The molecule has 31 heteroatoms. The number of carbonyl (C=O) groups is 7. The zero-order valence-corrected chi connectivity index (χ0v) is 59.8. The third-order valence-corrected chi connectivity index (χ3v) is 17.6. The number of methoxy groups -OCH3 is 3. The van der Waals surface area contributed by atoms with Crippen molar-refractivity contribution in [2.75, 3.05) is 40.4 Å². The normalized spacial score (nSPS) is 10.3. The third-order valence-electron chi connectivity index (χ3n) is 13.8. The summed E-state index contributed by atoms with van der Waals surface area (Å²) in [6.07, 6.45) is 7.16. The molecule has 0 aliphatic rings. The van der Waals surface area contributed by atoms with Crippen molar-refractivity contribution in [2.24, 2.45) is 28.2 Å². The fourth-order valence-corrected chi connectivity index (χ4v) is 10.6. The van der Waals surface area contributed by atoms with E-state index < -0.39 is 23.9 Å². The van der Waals surface area contributed by atoms with Gasteiger partial charge in [0.1, 0.15) is 74.1 Å². The minimum Gasteiger partial charge on any atom is -0.870 e. The summed E-state index contributed by atoms with van der Waals surface area (Å²) in [5.41, 5.74) is 4.82. The number of aromatic carboxylic acids is 1. The number of alkyl halides is 1. The Morgan fingerprint density at radius 3 is 1.06 bits per heavy atom. The Morgan fingerprint density at radius 1 is 0.452 bits per heavy atom. The van der Waals surface area contributed by atoms with Crippen LogP contribution < -0.4 is 28.3 Å². The van der Waals surface area contributed by atoms with Gasteiger partial charge >= 0.3 is 42.7 Å². The van der Waals surface area contributed by atoms with E-state index in [0.717, 1.165) is 55.0 Å². The number of fused-ring (bicyclic) bond motifs is 4. The van der Waals surface area contributed by atoms with E-state index in [1.165, 1.54) is 38.0 Å². The van der Waals surface area contributed by atoms with Crippen molar-refractivity contribution in [2.45, 2.75) is 85.5 Å². The van der Waals surface area contributed by atoms with Gasteiger partial charge in [-0.25, -0.2) is 19.2 Å². The Balaban J connectivity index is 0.00000116. The minimum atomic E-state index is -1.06. The fourth-order valence-electron chi connectivity index (χ4n) is 8.65. The Morgan fingerprint density at radius 2 is 0.742 bits per heavy atom. The predicted octanol–water partition coefficient (Wildman–Crippen LogP) is 13.9. The Kier molecular flexibility index (Phi) is 38.4. The molecule has 0 atom stereocenters. The van der Waals surface area contributed by atoms with Gasteiger partial charge in [0.25, 0.3) is 0 Å². The second-order valence-corrected chi connectivity index (χ2v) is 23.1. The van der Waals surface area contributed by atoms with E-state index in [0.29, 0.717) is 84.8 Å². The topological polar surface area (TPSA) is 256 Å². The fraction of sp³-hybridized carbons (Fsp3) is 0.371. The number of carboxylic acid groups (broad SMARTS) is 1. The number of halogens is 10. The SMILES string of the molecule is CCCCC(=O)CCl.CCCCC(=O)COc1cc2c(cc(C(=O)O)n2C)c(Cl)c1Cl.CCCCC(=O)COc1cc2c(cc(C(=O)OC)n2C)c(Cl)c1Cl.COC(=O)c1cc2c(Cl)c(Cl)c(C)cc2n1C.COC(=O)c1cc2c(Cl)c(Cl)c(O)cc2n1C.F.[B].[Li+].[OH-]. The van der Waals surface area contributed by atoms with E-state index in [1.807, 2.05) is 26.8 Å². The molecule has 0 aliphatic heterocycles. The molecule has 3 radical (unpaired) electrons. The maximum absolute atomic E-state index is 11.8. The van der Waals surface area contributed by atoms with Crippen molar-refractivity contribution in [3.8, 4) is 17.2 Å². The number of unbranched alkanes of at least 4 members (excludes halogenated alkanes) is 3. The van der Waals surface area contributed by atoms with Crippen LogP contribution in [0.1, 0.15) is 126 Å². The Hall–Kier alpha value is -5.51. The summed E-state index contributed by atoms with van der Waals surface area (Å²) in [4.78, 5) is 80.0. The number of rotatable bonds is 20. The molecule has 19 nitrogen and oxygen atoms in total. The quantitative estimate of drug-likeness (QED) is 0.0311. The number of aromatic nitrogens is 4. The molecule has 0 spiro atoms. The summed E-state index contributed by atoms with van der Waals surface area (Å²) in [5.74, 6) is -1.61. The summed E-state index contributed by atoms with van der Waals surface area (Å²) in [6, 6.07) is 13.0. The third kappa shape index (κ3) is 21.7. The van der Waals surface area contributed by atoms with Gasteiger partial charge in [-0.3, -0.25) is 19.1 Å². The smallest absolute Gasteiger partial charge is 0.870 e. The van der Waals surface area contributed by atoms with Gasteiger partial charge < -0.3 is 57.6 Å². The van der Waals surface area contributed by atoms with Crippen LogP contribution in [0.4, 0.5) is 4.70 Å². The molecule has 8 aromatic rings. The summed E-state index contributed by atoms with van der Waals surface area (Å²) in [5, 5.41) is 23.4. The van der Waals surface area contributed by atoms with Crippen LogP contribution in [0.25, 0.3) is 43.6 Å². The number of ether oxygens (including phenoxy) is 5. The van der Waals surface area contributed by atoms with Crippen LogP contribution in [0, 0.1) is 6.92 Å². The first-order chi connectivity index (χ1) is 42.0. The van der Waals surface area contributed by atoms with Crippen molar-refractivity contribution >= 4 is 198 Å². The first kappa shape index (κ1) is 87.5. The standard InChI is InChI=1S/C17H19Cl2NO4.C16H17Cl2NO4.C12H11Cl2NO2.C11H9Cl2NO3.C6H11ClO.B.FH.Li.H2O/c1-4-5-6-10(21)9-24-14-8-12-11(15(18)16(14)19)7-13(20(12)2)17(22)23-3;1-3-4-5-9(20)8-23-13-7-11-10(14(17)15(13)18)6-12(16(21)22)19(11)2;1-6-4-8-7(11(14)10(6)13)5-9(15(8)2)12(16)17-3;1-14-6-4-8(15)10(13)9(12)5(6)3-7(14)11(16)17-2;1-2-3-4-6(8)5-7;;;;/h7-8H,4-6,9H2,1-3H3;6-7H,3-5,8H2,1-2H3,(H,21,22);4-5H,1-3H3;3-4,15H,1-2H3;2-5H2,1H3;;1H;;1H2/q;;;;;;;+1;/p-1. The number of phenols is 1. The monoisotopic (exact) mass is 1460 g/mol. The van der Waals surface area contributed by atoms with Crippen LogP contribution in [-0.2, 0) is 56.8 Å². The van der Waals surface area contributed by atoms with Crippen molar-refractivity contribution in [3.63, 3.8) is 0 Å². The van der Waals surface area contributed by atoms with Crippen molar-refractivity contribution in [1.29, 1.82) is 0 Å².